The lowest BCUT2D eigenvalue weighted by Gasteiger charge is -2.11. The Morgan fingerprint density at radius 1 is 1.16 bits per heavy atom. The fraction of sp³-hybridized carbons (Fsp3) is 0.182. The molecule has 2 rings (SSSR count). The van der Waals surface area contributed by atoms with E-state index in [1.807, 2.05) is 0 Å². The van der Waals surface area contributed by atoms with Crippen LogP contribution in [-0.2, 0) is 0 Å². The Morgan fingerprint density at radius 3 is 2.16 bits per heavy atom. The van der Waals surface area contributed by atoms with Crippen molar-refractivity contribution in [2.75, 3.05) is 0 Å². The van der Waals surface area contributed by atoms with Crippen LogP contribution < -0.4 is 4.74 Å². The van der Waals surface area contributed by atoms with E-state index in [0.29, 0.717) is 11.3 Å². The molecule has 2 aromatic rings. The number of aromatic nitrogens is 2. The summed E-state index contributed by atoms with van der Waals surface area (Å²) in [5.41, 5.74) is 1.58. The molecule has 0 aliphatic rings. The van der Waals surface area contributed by atoms with E-state index in [9.17, 15) is 13.2 Å². The fourth-order valence-corrected chi connectivity index (χ4v) is 2.19. The number of ether oxygens (including phenoxy) is 1. The Kier molecular flexibility index (Phi) is 3.64. The number of halogens is 5. The predicted octanol–water partition coefficient (Wildman–Crippen LogP) is 4.59. The summed E-state index contributed by atoms with van der Waals surface area (Å²) in [5.74, 6) is -0.474. The van der Waals surface area contributed by atoms with Gasteiger partial charge in [-0.25, -0.2) is 0 Å². The van der Waals surface area contributed by atoms with Gasteiger partial charge < -0.3 is 4.74 Å². The van der Waals surface area contributed by atoms with Crippen LogP contribution in [0.1, 0.15) is 5.69 Å². The molecule has 0 unspecified atom stereocenters. The molecule has 0 spiro atoms. The summed E-state index contributed by atoms with van der Waals surface area (Å²) < 4.78 is 40.1. The maximum Gasteiger partial charge on any atom is 0.573 e. The maximum absolute atomic E-state index is 12.1. The highest BCUT2D eigenvalue weighted by atomic mass is 35.5. The summed E-state index contributed by atoms with van der Waals surface area (Å²) in [5, 5.41) is 6.70. The minimum atomic E-state index is -4.79. The molecule has 0 aliphatic heterocycles. The molecule has 0 fully saturated rings. The summed E-state index contributed by atoms with van der Waals surface area (Å²) in [4.78, 5) is 0. The maximum atomic E-state index is 12.1. The molecule has 0 saturated carbocycles. The van der Waals surface area contributed by atoms with Crippen LogP contribution in [0.3, 0.4) is 0 Å². The molecule has 0 amide bonds. The average molecular weight is 311 g/mol. The van der Waals surface area contributed by atoms with Gasteiger partial charge in [0.05, 0.1) is 15.7 Å². The van der Waals surface area contributed by atoms with Crippen molar-refractivity contribution in [3.63, 3.8) is 0 Å². The van der Waals surface area contributed by atoms with Crippen LogP contribution in [0.5, 0.6) is 5.75 Å². The molecule has 0 bridgehead atoms. The number of aromatic amines is 1. The summed E-state index contributed by atoms with van der Waals surface area (Å²) in [7, 11) is 0. The van der Waals surface area contributed by atoms with Crippen LogP contribution in [0.25, 0.3) is 11.3 Å². The SMILES string of the molecule is Cc1cc(-c2c(Cl)cc(OC(F)(F)F)cc2Cl)n[nH]1. The molecule has 0 aliphatic carbocycles. The number of nitrogens with one attached hydrogen (secondary N) is 1. The monoisotopic (exact) mass is 310 g/mol. The number of benzene rings is 1. The molecule has 102 valence electrons. The van der Waals surface area contributed by atoms with Crippen molar-refractivity contribution in [2.24, 2.45) is 0 Å². The van der Waals surface area contributed by atoms with Gasteiger partial charge in [0.2, 0.25) is 0 Å². The molecule has 1 aromatic carbocycles. The standard InChI is InChI=1S/C11H7Cl2F3N2O/c1-5-2-9(18-17-5)10-7(12)3-6(4-8(10)13)19-11(14,15)16/h2-4H,1H3,(H,17,18). The predicted molar refractivity (Wildman–Crippen MR) is 65.5 cm³/mol. The first-order valence-electron chi connectivity index (χ1n) is 5.03. The number of hydrogen-bond acceptors (Lipinski definition) is 2. The van der Waals surface area contributed by atoms with E-state index in [-0.39, 0.29) is 10.0 Å². The number of aryl methyl sites for hydroxylation is 1. The topological polar surface area (TPSA) is 37.9 Å². The second-order valence-corrected chi connectivity index (χ2v) is 4.56. The van der Waals surface area contributed by atoms with Crippen molar-refractivity contribution in [3.05, 3.63) is 33.9 Å². The molecule has 0 atom stereocenters. The molecule has 0 radical (unpaired) electrons. The summed E-state index contributed by atoms with van der Waals surface area (Å²) in [6, 6.07) is 3.76. The van der Waals surface area contributed by atoms with Gasteiger partial charge in [0.25, 0.3) is 0 Å². The lowest BCUT2D eigenvalue weighted by Crippen LogP contribution is -2.17. The van der Waals surface area contributed by atoms with Gasteiger partial charge >= 0.3 is 6.36 Å². The molecular formula is C11H7Cl2F3N2O. The summed E-state index contributed by atoms with van der Waals surface area (Å²) in [6.45, 7) is 1.78. The largest absolute Gasteiger partial charge is 0.573 e. The second-order valence-electron chi connectivity index (χ2n) is 3.75. The molecule has 1 aromatic heterocycles. The van der Waals surface area contributed by atoms with Crippen molar-refractivity contribution < 1.29 is 17.9 Å². The zero-order chi connectivity index (χ0) is 14.2. The van der Waals surface area contributed by atoms with Gasteiger partial charge in [-0.05, 0) is 25.1 Å². The van der Waals surface area contributed by atoms with E-state index >= 15 is 0 Å². The van der Waals surface area contributed by atoms with E-state index < -0.39 is 12.1 Å². The van der Waals surface area contributed by atoms with Crippen LogP contribution in [0.15, 0.2) is 18.2 Å². The van der Waals surface area contributed by atoms with Crippen LogP contribution in [0, 0.1) is 6.92 Å². The summed E-state index contributed by atoms with van der Waals surface area (Å²) >= 11 is 11.8. The van der Waals surface area contributed by atoms with Crippen molar-refractivity contribution in [2.45, 2.75) is 13.3 Å². The Bertz CT molecular complexity index is 587. The molecular weight excluding hydrogens is 304 g/mol. The fourth-order valence-electron chi connectivity index (χ4n) is 1.53. The normalized spacial score (nSPS) is 11.7. The lowest BCUT2D eigenvalue weighted by atomic mass is 10.1. The van der Waals surface area contributed by atoms with Crippen molar-refractivity contribution in [1.29, 1.82) is 0 Å². The van der Waals surface area contributed by atoms with Gasteiger partial charge in [0.15, 0.2) is 0 Å². The minimum Gasteiger partial charge on any atom is -0.406 e. The third kappa shape index (κ3) is 3.33. The van der Waals surface area contributed by atoms with E-state index in [1.54, 1.807) is 13.0 Å². The zero-order valence-corrected chi connectivity index (χ0v) is 11.0. The van der Waals surface area contributed by atoms with Gasteiger partial charge in [-0.15, -0.1) is 13.2 Å². The van der Waals surface area contributed by atoms with Gasteiger partial charge in [0, 0.05) is 11.3 Å². The third-order valence-electron chi connectivity index (χ3n) is 2.21. The van der Waals surface area contributed by atoms with Gasteiger partial charge in [-0.1, -0.05) is 23.2 Å². The smallest absolute Gasteiger partial charge is 0.406 e. The van der Waals surface area contributed by atoms with Crippen LogP contribution in [0.4, 0.5) is 13.2 Å². The quantitative estimate of drug-likeness (QED) is 0.881. The number of rotatable bonds is 2. The first-order valence-corrected chi connectivity index (χ1v) is 5.79. The lowest BCUT2D eigenvalue weighted by molar-refractivity contribution is -0.274. The molecule has 0 saturated heterocycles. The molecule has 1 N–H and O–H groups in total. The molecule has 8 heteroatoms. The second kappa shape index (κ2) is 4.94. The first kappa shape index (κ1) is 14.0. The van der Waals surface area contributed by atoms with E-state index in [0.717, 1.165) is 17.8 Å². The highest BCUT2D eigenvalue weighted by Crippen LogP contribution is 2.38. The Balaban J connectivity index is 2.43. The highest BCUT2D eigenvalue weighted by Gasteiger charge is 2.31. The summed E-state index contributed by atoms with van der Waals surface area (Å²) in [6.07, 6.45) is -4.79. The number of nitrogens with zero attached hydrogens (tertiary/aromatic N) is 1. The van der Waals surface area contributed by atoms with E-state index in [2.05, 4.69) is 14.9 Å². The number of H-pyrrole nitrogens is 1. The van der Waals surface area contributed by atoms with Gasteiger partial charge in [-0.3, -0.25) is 5.10 Å². The van der Waals surface area contributed by atoms with Crippen molar-refractivity contribution in [1.82, 2.24) is 10.2 Å². The Labute approximate surface area is 116 Å². The van der Waals surface area contributed by atoms with E-state index in [1.165, 1.54) is 0 Å². The first-order chi connectivity index (χ1) is 8.76. The molecule has 3 nitrogen and oxygen atoms in total. The van der Waals surface area contributed by atoms with Crippen LogP contribution >= 0.6 is 23.2 Å². The van der Waals surface area contributed by atoms with Crippen molar-refractivity contribution in [3.8, 4) is 17.0 Å². The molecule has 19 heavy (non-hydrogen) atoms. The zero-order valence-electron chi connectivity index (χ0n) is 9.48. The number of alkyl halides is 3. The van der Waals surface area contributed by atoms with Crippen LogP contribution in [0.2, 0.25) is 10.0 Å². The Morgan fingerprint density at radius 2 is 1.74 bits per heavy atom. The van der Waals surface area contributed by atoms with Gasteiger partial charge in [-0.2, -0.15) is 5.10 Å². The van der Waals surface area contributed by atoms with Gasteiger partial charge in [0.1, 0.15) is 5.75 Å². The van der Waals surface area contributed by atoms with E-state index in [4.69, 9.17) is 23.2 Å². The molecule has 1 heterocycles. The third-order valence-corrected chi connectivity index (χ3v) is 2.81. The minimum absolute atomic E-state index is 0.0262. The van der Waals surface area contributed by atoms with Crippen molar-refractivity contribution >= 4 is 23.2 Å². The highest BCUT2D eigenvalue weighted by molar-refractivity contribution is 6.39. The Hall–Kier alpha value is -1.40. The average Bonchev–Trinajstić information content (AvgIpc) is 2.60. The van der Waals surface area contributed by atoms with Crippen LogP contribution in [-0.4, -0.2) is 16.6 Å². The number of hydrogen-bond donors (Lipinski definition) is 1.